The Morgan fingerprint density at radius 2 is 1.87 bits per heavy atom. The molecule has 2 aromatic carbocycles. The number of ketones is 1. The van der Waals surface area contributed by atoms with Crippen molar-refractivity contribution in [1.82, 2.24) is 19.5 Å². The van der Waals surface area contributed by atoms with Gasteiger partial charge in [-0.2, -0.15) is 0 Å². The summed E-state index contributed by atoms with van der Waals surface area (Å²) in [5, 5.41) is 0. The molecule has 0 N–H and O–H groups in total. The fourth-order valence-electron chi connectivity index (χ4n) is 3.25. The van der Waals surface area contributed by atoms with Crippen molar-refractivity contribution < 1.29 is 4.79 Å². The van der Waals surface area contributed by atoms with E-state index in [2.05, 4.69) is 21.5 Å². The van der Waals surface area contributed by atoms with E-state index < -0.39 is 0 Å². The standard InChI is InChI=1S/C24H20N4O2/c1-3-20(29)12-18-5-4-6-19(11-18)28-23(30)15-25-21-14-26-22(27-24(21)28)13-17-9-7-16(2)8-10-17/h3-11,14-15H,1,12-13H2,2H3. The molecule has 0 amide bonds. The lowest BCUT2D eigenvalue weighted by Crippen LogP contribution is -2.20. The van der Waals surface area contributed by atoms with Crippen LogP contribution in [0.5, 0.6) is 0 Å². The largest absolute Gasteiger partial charge is 0.295 e. The van der Waals surface area contributed by atoms with Gasteiger partial charge in [0.1, 0.15) is 11.3 Å². The summed E-state index contributed by atoms with van der Waals surface area (Å²) < 4.78 is 1.50. The van der Waals surface area contributed by atoms with Gasteiger partial charge in [0.2, 0.25) is 0 Å². The highest BCUT2D eigenvalue weighted by Crippen LogP contribution is 2.16. The van der Waals surface area contributed by atoms with Crippen LogP contribution in [0.25, 0.3) is 16.9 Å². The lowest BCUT2D eigenvalue weighted by molar-refractivity contribution is -0.114. The Balaban J connectivity index is 1.79. The third-order valence-electron chi connectivity index (χ3n) is 4.80. The van der Waals surface area contributed by atoms with Crippen molar-refractivity contribution in [1.29, 1.82) is 0 Å². The van der Waals surface area contributed by atoms with Crippen LogP contribution in [0.1, 0.15) is 22.5 Å². The average molecular weight is 396 g/mol. The highest BCUT2D eigenvalue weighted by Gasteiger charge is 2.11. The molecule has 0 spiro atoms. The molecule has 0 aliphatic heterocycles. The number of hydrogen-bond donors (Lipinski definition) is 0. The summed E-state index contributed by atoms with van der Waals surface area (Å²) in [6.45, 7) is 5.55. The van der Waals surface area contributed by atoms with Gasteiger partial charge in [-0.05, 0) is 36.3 Å². The predicted molar refractivity (Wildman–Crippen MR) is 116 cm³/mol. The molecule has 2 aromatic heterocycles. The normalized spacial score (nSPS) is 10.8. The van der Waals surface area contributed by atoms with Crippen LogP contribution in [0.2, 0.25) is 0 Å². The van der Waals surface area contributed by atoms with Crippen molar-refractivity contribution in [2.24, 2.45) is 0 Å². The monoisotopic (exact) mass is 396 g/mol. The molecule has 0 bridgehead atoms. The maximum Gasteiger partial charge on any atom is 0.275 e. The van der Waals surface area contributed by atoms with Crippen molar-refractivity contribution in [3.05, 3.63) is 106 Å². The molecule has 0 aliphatic rings. The van der Waals surface area contributed by atoms with E-state index in [-0.39, 0.29) is 17.8 Å². The molecule has 4 rings (SSSR count). The molecule has 0 fully saturated rings. The van der Waals surface area contributed by atoms with E-state index in [9.17, 15) is 9.59 Å². The minimum absolute atomic E-state index is 0.0817. The molecule has 0 saturated heterocycles. The number of aryl methyl sites for hydroxylation is 1. The quantitative estimate of drug-likeness (QED) is 0.467. The van der Waals surface area contributed by atoms with E-state index in [1.165, 1.54) is 22.4 Å². The number of allylic oxidation sites excluding steroid dienone is 1. The molecule has 0 radical (unpaired) electrons. The number of hydrogen-bond acceptors (Lipinski definition) is 5. The maximum atomic E-state index is 12.7. The zero-order valence-corrected chi connectivity index (χ0v) is 16.6. The first-order valence-corrected chi connectivity index (χ1v) is 9.57. The Labute approximate surface area is 173 Å². The van der Waals surface area contributed by atoms with Gasteiger partial charge in [-0.3, -0.25) is 14.2 Å². The van der Waals surface area contributed by atoms with E-state index in [4.69, 9.17) is 0 Å². The first-order valence-electron chi connectivity index (χ1n) is 9.57. The second kappa shape index (κ2) is 8.21. The minimum Gasteiger partial charge on any atom is -0.295 e. The van der Waals surface area contributed by atoms with Gasteiger partial charge in [0.25, 0.3) is 5.56 Å². The van der Waals surface area contributed by atoms with E-state index in [1.807, 2.05) is 55.5 Å². The Kier molecular flexibility index (Phi) is 5.30. The molecule has 30 heavy (non-hydrogen) atoms. The van der Waals surface area contributed by atoms with Gasteiger partial charge in [0.05, 0.1) is 18.1 Å². The number of benzene rings is 2. The van der Waals surface area contributed by atoms with Gasteiger partial charge in [-0.25, -0.2) is 15.0 Å². The second-order valence-electron chi connectivity index (χ2n) is 7.11. The Bertz CT molecular complexity index is 1310. The van der Waals surface area contributed by atoms with Crippen molar-refractivity contribution in [3.63, 3.8) is 0 Å². The zero-order chi connectivity index (χ0) is 21.1. The summed E-state index contributed by atoms with van der Waals surface area (Å²) in [5.41, 5.74) is 4.36. The predicted octanol–water partition coefficient (Wildman–Crippen LogP) is 3.37. The van der Waals surface area contributed by atoms with E-state index in [0.717, 1.165) is 11.1 Å². The summed E-state index contributed by atoms with van der Waals surface area (Å²) >= 11 is 0. The zero-order valence-electron chi connectivity index (χ0n) is 16.6. The SMILES string of the molecule is C=CC(=O)Cc1cccc(-n2c(=O)cnc3cnc(Cc4ccc(C)cc4)nc32)c1. The summed E-state index contributed by atoms with van der Waals surface area (Å²) in [4.78, 5) is 37.7. The Morgan fingerprint density at radius 1 is 1.07 bits per heavy atom. The molecule has 4 aromatic rings. The minimum atomic E-state index is -0.297. The Morgan fingerprint density at radius 3 is 2.63 bits per heavy atom. The molecule has 0 atom stereocenters. The number of rotatable bonds is 6. The van der Waals surface area contributed by atoms with Crippen LogP contribution in [-0.2, 0) is 17.6 Å². The summed E-state index contributed by atoms with van der Waals surface area (Å²) in [7, 11) is 0. The van der Waals surface area contributed by atoms with Gasteiger partial charge < -0.3 is 0 Å². The smallest absolute Gasteiger partial charge is 0.275 e. The number of carbonyl (C=O) groups excluding carboxylic acids is 1. The Hall–Kier alpha value is -3.93. The van der Waals surface area contributed by atoms with Crippen molar-refractivity contribution in [3.8, 4) is 5.69 Å². The summed E-state index contributed by atoms with van der Waals surface area (Å²) in [6, 6.07) is 15.5. The van der Waals surface area contributed by atoms with E-state index in [0.29, 0.717) is 29.1 Å². The van der Waals surface area contributed by atoms with E-state index in [1.54, 1.807) is 6.20 Å². The van der Waals surface area contributed by atoms with Crippen LogP contribution < -0.4 is 5.56 Å². The van der Waals surface area contributed by atoms with Gasteiger partial charge in [0.15, 0.2) is 11.4 Å². The van der Waals surface area contributed by atoms with Gasteiger partial charge in [-0.15, -0.1) is 0 Å². The third-order valence-corrected chi connectivity index (χ3v) is 4.80. The topological polar surface area (TPSA) is 77.7 Å². The van der Waals surface area contributed by atoms with Crippen LogP contribution in [-0.4, -0.2) is 25.3 Å². The molecule has 0 saturated carbocycles. The fraction of sp³-hybridized carbons (Fsp3) is 0.125. The summed E-state index contributed by atoms with van der Waals surface area (Å²) in [5.74, 6) is 0.521. The molecule has 0 aliphatic carbocycles. The van der Waals surface area contributed by atoms with Crippen molar-refractivity contribution >= 4 is 16.9 Å². The van der Waals surface area contributed by atoms with Gasteiger partial charge in [0, 0.05) is 12.8 Å². The number of carbonyl (C=O) groups is 1. The van der Waals surface area contributed by atoms with Crippen LogP contribution in [0.3, 0.4) is 0 Å². The second-order valence-corrected chi connectivity index (χ2v) is 7.11. The first-order chi connectivity index (χ1) is 14.5. The third kappa shape index (κ3) is 4.07. The molecular formula is C24H20N4O2. The highest BCUT2D eigenvalue weighted by atomic mass is 16.1. The van der Waals surface area contributed by atoms with Crippen molar-refractivity contribution in [2.45, 2.75) is 19.8 Å². The fourth-order valence-corrected chi connectivity index (χ4v) is 3.25. The first kappa shape index (κ1) is 19.4. The van der Waals surface area contributed by atoms with Gasteiger partial charge in [-0.1, -0.05) is 48.5 Å². The van der Waals surface area contributed by atoms with E-state index >= 15 is 0 Å². The highest BCUT2D eigenvalue weighted by molar-refractivity contribution is 5.90. The molecule has 6 heteroatoms. The maximum absolute atomic E-state index is 12.7. The van der Waals surface area contributed by atoms with Gasteiger partial charge >= 0.3 is 0 Å². The molecule has 2 heterocycles. The molecular weight excluding hydrogens is 376 g/mol. The average Bonchev–Trinajstić information content (AvgIpc) is 2.75. The molecule has 148 valence electrons. The van der Waals surface area contributed by atoms with Crippen LogP contribution in [0.15, 0.2) is 78.4 Å². The molecule has 0 unspecified atom stereocenters. The lowest BCUT2D eigenvalue weighted by Gasteiger charge is -2.11. The lowest BCUT2D eigenvalue weighted by atomic mass is 10.1. The van der Waals surface area contributed by atoms with Crippen LogP contribution >= 0.6 is 0 Å². The summed E-state index contributed by atoms with van der Waals surface area (Å²) in [6.07, 6.45) is 4.96. The van der Waals surface area contributed by atoms with Crippen LogP contribution in [0.4, 0.5) is 0 Å². The molecule has 6 nitrogen and oxygen atoms in total. The number of nitrogens with zero attached hydrogens (tertiary/aromatic N) is 4. The van der Waals surface area contributed by atoms with Crippen molar-refractivity contribution in [2.75, 3.05) is 0 Å². The number of fused-ring (bicyclic) bond motifs is 1. The number of aromatic nitrogens is 4. The van der Waals surface area contributed by atoms with Crippen LogP contribution in [0, 0.1) is 6.92 Å².